The van der Waals surface area contributed by atoms with Gasteiger partial charge in [-0.2, -0.15) is 0 Å². The summed E-state index contributed by atoms with van der Waals surface area (Å²) >= 11 is 0. The van der Waals surface area contributed by atoms with Gasteiger partial charge in [0.25, 0.3) is 0 Å². The predicted octanol–water partition coefficient (Wildman–Crippen LogP) is 13.1. The summed E-state index contributed by atoms with van der Waals surface area (Å²) in [6.07, 6.45) is 0. The Bertz CT molecular complexity index is 2530. The summed E-state index contributed by atoms with van der Waals surface area (Å²) in [6, 6.07) is 68.3. The first kappa shape index (κ1) is 27.2. The monoisotopic (exact) mass is 597 g/mol. The second kappa shape index (κ2) is 11.3. The van der Waals surface area contributed by atoms with Crippen LogP contribution >= 0.6 is 0 Å². The minimum absolute atomic E-state index is 1.12. The van der Waals surface area contributed by atoms with Crippen molar-refractivity contribution in [3.8, 4) is 22.3 Å². The number of para-hydroxylation sites is 2. The molecular formula is C46H31N. The Hall–Kier alpha value is -6.18. The molecule has 0 atom stereocenters. The quantitative estimate of drug-likeness (QED) is 0.178. The molecule has 0 spiro atoms. The lowest BCUT2D eigenvalue weighted by molar-refractivity contribution is 1.30. The van der Waals surface area contributed by atoms with Crippen LogP contribution in [0.15, 0.2) is 188 Å². The van der Waals surface area contributed by atoms with Gasteiger partial charge in [0, 0.05) is 16.8 Å². The average Bonchev–Trinajstić information content (AvgIpc) is 3.14. The standard InChI is InChI=1S/C46H31N/c1-3-18-38(19-4-1)47(39-20-5-2-6-21-39)43-25-13-24-42-44(36-28-26-32-14-7-9-16-34(32)30-36)40-22-11-12-23-41(40)45(46(42)43)37-29-27-33-15-8-10-17-35(33)31-37/h1-31H. The van der Waals surface area contributed by atoms with Crippen molar-refractivity contribution in [2.24, 2.45) is 0 Å². The van der Waals surface area contributed by atoms with Crippen molar-refractivity contribution < 1.29 is 0 Å². The van der Waals surface area contributed by atoms with Gasteiger partial charge in [0.1, 0.15) is 0 Å². The number of benzene rings is 9. The molecule has 0 radical (unpaired) electrons. The number of nitrogens with zero attached hydrogens (tertiary/aromatic N) is 1. The number of hydrogen-bond donors (Lipinski definition) is 0. The lowest BCUT2D eigenvalue weighted by Gasteiger charge is -2.29. The Labute approximate surface area is 274 Å². The van der Waals surface area contributed by atoms with E-state index < -0.39 is 0 Å². The van der Waals surface area contributed by atoms with Crippen molar-refractivity contribution in [1.29, 1.82) is 0 Å². The zero-order valence-corrected chi connectivity index (χ0v) is 25.8. The molecule has 0 bridgehead atoms. The van der Waals surface area contributed by atoms with Gasteiger partial charge in [-0.05, 0) is 102 Å². The second-order valence-corrected chi connectivity index (χ2v) is 12.1. The summed E-state index contributed by atoms with van der Waals surface area (Å²) in [6.45, 7) is 0. The maximum atomic E-state index is 2.41. The van der Waals surface area contributed by atoms with E-state index in [2.05, 4.69) is 193 Å². The van der Waals surface area contributed by atoms with E-state index in [1.807, 2.05) is 0 Å². The third-order valence-corrected chi connectivity index (χ3v) is 9.37. The SMILES string of the molecule is c1ccc(N(c2ccccc2)c2cccc3c(-c4ccc5ccccc5c4)c4ccccc4c(-c4ccc5ccccc5c4)c23)cc1. The molecule has 0 saturated heterocycles. The Morgan fingerprint density at radius 1 is 0.298 bits per heavy atom. The maximum absolute atomic E-state index is 2.41. The van der Waals surface area contributed by atoms with Gasteiger partial charge in [-0.1, -0.05) is 146 Å². The first-order valence-electron chi connectivity index (χ1n) is 16.2. The molecule has 9 rings (SSSR count). The van der Waals surface area contributed by atoms with E-state index in [-0.39, 0.29) is 0 Å². The highest BCUT2D eigenvalue weighted by Crippen LogP contribution is 2.50. The van der Waals surface area contributed by atoms with Gasteiger partial charge in [0.15, 0.2) is 0 Å². The highest BCUT2D eigenvalue weighted by molar-refractivity contribution is 6.25. The Morgan fingerprint density at radius 3 is 1.32 bits per heavy atom. The van der Waals surface area contributed by atoms with E-state index in [4.69, 9.17) is 0 Å². The number of anilines is 3. The molecule has 0 heterocycles. The van der Waals surface area contributed by atoms with Crippen molar-refractivity contribution >= 4 is 60.2 Å². The fourth-order valence-electron chi connectivity index (χ4n) is 7.28. The molecule has 0 saturated carbocycles. The largest absolute Gasteiger partial charge is 0.310 e. The van der Waals surface area contributed by atoms with Crippen LogP contribution in [-0.4, -0.2) is 0 Å². The summed E-state index contributed by atoms with van der Waals surface area (Å²) in [4.78, 5) is 2.41. The Kier molecular flexibility index (Phi) is 6.54. The number of rotatable bonds is 5. The van der Waals surface area contributed by atoms with Crippen molar-refractivity contribution in [2.45, 2.75) is 0 Å². The van der Waals surface area contributed by atoms with Crippen molar-refractivity contribution in [1.82, 2.24) is 0 Å². The van der Waals surface area contributed by atoms with Gasteiger partial charge in [-0.15, -0.1) is 0 Å². The van der Waals surface area contributed by atoms with Crippen LogP contribution in [0.1, 0.15) is 0 Å². The minimum Gasteiger partial charge on any atom is -0.310 e. The van der Waals surface area contributed by atoms with E-state index in [9.17, 15) is 0 Å². The lowest BCUT2D eigenvalue weighted by Crippen LogP contribution is -2.10. The molecule has 0 unspecified atom stereocenters. The smallest absolute Gasteiger partial charge is 0.0546 e. The van der Waals surface area contributed by atoms with Crippen LogP contribution in [0.25, 0.3) is 65.3 Å². The van der Waals surface area contributed by atoms with Crippen LogP contribution in [-0.2, 0) is 0 Å². The zero-order chi connectivity index (χ0) is 31.2. The number of hydrogen-bond acceptors (Lipinski definition) is 1. The first-order valence-corrected chi connectivity index (χ1v) is 16.2. The zero-order valence-electron chi connectivity index (χ0n) is 25.8. The molecule has 9 aromatic rings. The van der Waals surface area contributed by atoms with E-state index in [1.54, 1.807) is 0 Å². The fourth-order valence-corrected chi connectivity index (χ4v) is 7.28. The van der Waals surface area contributed by atoms with Crippen molar-refractivity contribution in [2.75, 3.05) is 4.90 Å². The van der Waals surface area contributed by atoms with Gasteiger partial charge in [-0.3, -0.25) is 0 Å². The van der Waals surface area contributed by atoms with Crippen LogP contribution in [0.2, 0.25) is 0 Å². The average molecular weight is 598 g/mol. The van der Waals surface area contributed by atoms with Crippen molar-refractivity contribution in [3.05, 3.63) is 188 Å². The molecule has 0 aromatic heterocycles. The van der Waals surface area contributed by atoms with Crippen LogP contribution in [0.4, 0.5) is 17.1 Å². The normalized spacial score (nSPS) is 11.4. The van der Waals surface area contributed by atoms with Crippen LogP contribution in [0.3, 0.4) is 0 Å². The first-order chi connectivity index (χ1) is 23.3. The van der Waals surface area contributed by atoms with Gasteiger partial charge < -0.3 is 4.90 Å². The van der Waals surface area contributed by atoms with Crippen LogP contribution in [0.5, 0.6) is 0 Å². The van der Waals surface area contributed by atoms with E-state index in [0.29, 0.717) is 0 Å². The molecule has 0 amide bonds. The fraction of sp³-hybridized carbons (Fsp3) is 0. The lowest BCUT2D eigenvalue weighted by atomic mass is 9.84. The van der Waals surface area contributed by atoms with E-state index in [1.165, 1.54) is 65.3 Å². The highest BCUT2D eigenvalue weighted by atomic mass is 15.1. The summed E-state index contributed by atoms with van der Waals surface area (Å²) in [5.41, 5.74) is 8.33. The van der Waals surface area contributed by atoms with Gasteiger partial charge in [0.2, 0.25) is 0 Å². The molecule has 0 aliphatic heterocycles. The summed E-state index contributed by atoms with van der Waals surface area (Å²) < 4.78 is 0. The molecule has 9 aromatic carbocycles. The molecule has 0 aliphatic carbocycles. The molecule has 0 fully saturated rings. The summed E-state index contributed by atoms with van der Waals surface area (Å²) in [5, 5.41) is 9.93. The molecule has 1 nitrogen and oxygen atoms in total. The molecule has 220 valence electrons. The van der Waals surface area contributed by atoms with E-state index in [0.717, 1.165) is 17.1 Å². The number of fused-ring (bicyclic) bond motifs is 4. The summed E-state index contributed by atoms with van der Waals surface area (Å²) in [7, 11) is 0. The molecule has 0 N–H and O–H groups in total. The summed E-state index contributed by atoms with van der Waals surface area (Å²) in [5.74, 6) is 0. The topological polar surface area (TPSA) is 3.24 Å². The predicted molar refractivity (Wildman–Crippen MR) is 202 cm³/mol. The third kappa shape index (κ3) is 4.64. The minimum atomic E-state index is 1.12. The van der Waals surface area contributed by atoms with Gasteiger partial charge >= 0.3 is 0 Å². The highest BCUT2D eigenvalue weighted by Gasteiger charge is 2.23. The van der Waals surface area contributed by atoms with Gasteiger partial charge in [-0.25, -0.2) is 0 Å². The second-order valence-electron chi connectivity index (χ2n) is 12.1. The molecule has 47 heavy (non-hydrogen) atoms. The molecule has 0 aliphatic rings. The molecular weight excluding hydrogens is 567 g/mol. The van der Waals surface area contributed by atoms with Crippen molar-refractivity contribution in [3.63, 3.8) is 0 Å². The Morgan fingerprint density at radius 2 is 0.745 bits per heavy atom. The van der Waals surface area contributed by atoms with Crippen LogP contribution < -0.4 is 4.90 Å². The van der Waals surface area contributed by atoms with Gasteiger partial charge in [0.05, 0.1) is 5.69 Å². The maximum Gasteiger partial charge on any atom is 0.0546 e. The van der Waals surface area contributed by atoms with E-state index >= 15 is 0 Å². The third-order valence-electron chi connectivity index (χ3n) is 9.37. The van der Waals surface area contributed by atoms with Crippen LogP contribution in [0, 0.1) is 0 Å². The Balaban J connectivity index is 1.46. The molecule has 1 heteroatoms.